The Morgan fingerprint density at radius 2 is 1.91 bits per heavy atom. The Labute approximate surface area is 138 Å². The molecule has 2 heterocycles. The summed E-state index contributed by atoms with van der Waals surface area (Å²) in [4.78, 5) is 8.62. The van der Waals surface area contributed by atoms with Crippen LogP contribution in [0.2, 0.25) is 5.02 Å². The zero-order valence-electron chi connectivity index (χ0n) is 12.3. The standard InChI is InChI=1S/C17H14ClN3O2/c18-12-2-3-13-14(6-12)20-9-21-15(13)8-19-7-11-1-4-16-17(5-11)23-10-22-16/h1-6,9,19H,7-8,10H2. The lowest BCUT2D eigenvalue weighted by molar-refractivity contribution is 0.174. The predicted octanol–water partition coefficient (Wildman–Crippen LogP) is 3.30. The Kier molecular flexibility index (Phi) is 3.73. The summed E-state index contributed by atoms with van der Waals surface area (Å²) in [6.45, 7) is 1.66. The van der Waals surface area contributed by atoms with Gasteiger partial charge in [-0.3, -0.25) is 0 Å². The van der Waals surface area contributed by atoms with E-state index in [0.717, 1.165) is 40.2 Å². The van der Waals surface area contributed by atoms with Crippen molar-refractivity contribution in [1.82, 2.24) is 15.3 Å². The number of benzene rings is 2. The van der Waals surface area contributed by atoms with Gasteiger partial charge in [0.2, 0.25) is 6.79 Å². The van der Waals surface area contributed by atoms with Gasteiger partial charge >= 0.3 is 0 Å². The highest BCUT2D eigenvalue weighted by Crippen LogP contribution is 2.32. The van der Waals surface area contributed by atoms with Gasteiger partial charge in [0, 0.05) is 23.5 Å². The summed E-state index contributed by atoms with van der Waals surface area (Å²) in [7, 11) is 0. The van der Waals surface area contributed by atoms with Crippen LogP contribution in [0.3, 0.4) is 0 Å². The molecule has 1 aliphatic heterocycles. The molecule has 1 aliphatic rings. The van der Waals surface area contributed by atoms with Crippen LogP contribution in [0, 0.1) is 0 Å². The fourth-order valence-corrected chi connectivity index (χ4v) is 2.77. The number of nitrogens with one attached hydrogen (secondary N) is 1. The summed E-state index contributed by atoms with van der Waals surface area (Å²) in [5, 5.41) is 5.08. The minimum atomic E-state index is 0.293. The topological polar surface area (TPSA) is 56.3 Å². The molecule has 1 N–H and O–H groups in total. The maximum absolute atomic E-state index is 6.00. The second-order valence-electron chi connectivity index (χ2n) is 5.27. The van der Waals surface area contributed by atoms with Crippen molar-refractivity contribution in [3.8, 4) is 11.5 Å². The largest absolute Gasteiger partial charge is 0.454 e. The monoisotopic (exact) mass is 327 g/mol. The van der Waals surface area contributed by atoms with E-state index in [1.807, 2.05) is 36.4 Å². The predicted molar refractivity (Wildman–Crippen MR) is 87.7 cm³/mol. The van der Waals surface area contributed by atoms with E-state index < -0.39 is 0 Å². The highest BCUT2D eigenvalue weighted by molar-refractivity contribution is 6.31. The van der Waals surface area contributed by atoms with Crippen molar-refractivity contribution in [2.45, 2.75) is 13.1 Å². The van der Waals surface area contributed by atoms with Gasteiger partial charge in [0.25, 0.3) is 0 Å². The Bertz CT molecular complexity index is 870. The fourth-order valence-electron chi connectivity index (χ4n) is 2.60. The van der Waals surface area contributed by atoms with Crippen LogP contribution in [0.1, 0.15) is 11.3 Å². The van der Waals surface area contributed by atoms with Crippen molar-refractivity contribution < 1.29 is 9.47 Å². The molecule has 3 aromatic rings. The van der Waals surface area contributed by atoms with E-state index >= 15 is 0 Å². The third-order valence-corrected chi connectivity index (χ3v) is 3.97. The first-order valence-electron chi connectivity index (χ1n) is 7.28. The molecule has 0 bridgehead atoms. The Morgan fingerprint density at radius 1 is 1.00 bits per heavy atom. The molecule has 0 atom stereocenters. The van der Waals surface area contributed by atoms with Crippen LogP contribution >= 0.6 is 11.6 Å². The third-order valence-electron chi connectivity index (χ3n) is 3.74. The molecule has 0 spiro atoms. The molecule has 5 nitrogen and oxygen atoms in total. The van der Waals surface area contributed by atoms with Gasteiger partial charge in [0.15, 0.2) is 11.5 Å². The van der Waals surface area contributed by atoms with Crippen LogP contribution in [-0.4, -0.2) is 16.8 Å². The summed E-state index contributed by atoms with van der Waals surface area (Å²) in [5.74, 6) is 1.60. The summed E-state index contributed by atoms with van der Waals surface area (Å²) in [6.07, 6.45) is 1.57. The fraction of sp³-hybridized carbons (Fsp3) is 0.176. The lowest BCUT2D eigenvalue weighted by atomic mass is 10.1. The van der Waals surface area contributed by atoms with Crippen LogP contribution in [0.25, 0.3) is 10.9 Å². The Hall–Kier alpha value is -2.37. The molecule has 0 amide bonds. The summed E-state index contributed by atoms with van der Waals surface area (Å²) in [5.41, 5.74) is 2.94. The number of halogens is 1. The minimum Gasteiger partial charge on any atom is -0.454 e. The first kappa shape index (κ1) is 14.2. The SMILES string of the molecule is Clc1ccc2c(CNCc3ccc4c(c3)OCO4)ncnc2c1. The Morgan fingerprint density at radius 3 is 2.87 bits per heavy atom. The molecule has 0 fully saturated rings. The lowest BCUT2D eigenvalue weighted by Crippen LogP contribution is -2.14. The normalized spacial score (nSPS) is 12.7. The molecular weight excluding hydrogens is 314 g/mol. The van der Waals surface area contributed by atoms with E-state index in [1.54, 1.807) is 6.33 Å². The zero-order valence-corrected chi connectivity index (χ0v) is 13.0. The number of hydrogen-bond acceptors (Lipinski definition) is 5. The van der Waals surface area contributed by atoms with Gasteiger partial charge in [-0.25, -0.2) is 9.97 Å². The lowest BCUT2D eigenvalue weighted by Gasteiger charge is -2.08. The molecule has 0 radical (unpaired) electrons. The van der Waals surface area contributed by atoms with Gasteiger partial charge in [0.05, 0.1) is 11.2 Å². The van der Waals surface area contributed by atoms with E-state index in [4.69, 9.17) is 21.1 Å². The molecule has 2 aromatic carbocycles. The molecule has 6 heteroatoms. The van der Waals surface area contributed by atoms with Crippen LogP contribution < -0.4 is 14.8 Å². The molecule has 4 rings (SSSR count). The van der Waals surface area contributed by atoms with Crippen LogP contribution in [0.5, 0.6) is 11.5 Å². The number of aromatic nitrogens is 2. The molecule has 0 saturated carbocycles. The number of hydrogen-bond donors (Lipinski definition) is 1. The van der Waals surface area contributed by atoms with Gasteiger partial charge < -0.3 is 14.8 Å². The minimum absolute atomic E-state index is 0.293. The molecule has 0 unspecified atom stereocenters. The number of nitrogens with zero attached hydrogens (tertiary/aromatic N) is 2. The molecule has 0 aliphatic carbocycles. The highest BCUT2D eigenvalue weighted by Gasteiger charge is 2.13. The van der Waals surface area contributed by atoms with Crippen LogP contribution in [0.4, 0.5) is 0 Å². The summed E-state index contributed by atoms with van der Waals surface area (Å²) < 4.78 is 10.7. The third kappa shape index (κ3) is 2.93. The number of ether oxygens (including phenoxy) is 2. The van der Waals surface area contributed by atoms with E-state index in [0.29, 0.717) is 18.4 Å². The van der Waals surface area contributed by atoms with Crippen LogP contribution in [0.15, 0.2) is 42.7 Å². The first-order chi connectivity index (χ1) is 11.3. The van der Waals surface area contributed by atoms with Crippen molar-refractivity contribution >= 4 is 22.5 Å². The van der Waals surface area contributed by atoms with Gasteiger partial charge in [-0.15, -0.1) is 0 Å². The van der Waals surface area contributed by atoms with Crippen molar-refractivity contribution in [3.63, 3.8) is 0 Å². The second-order valence-corrected chi connectivity index (χ2v) is 5.71. The van der Waals surface area contributed by atoms with Crippen molar-refractivity contribution in [3.05, 3.63) is 59.0 Å². The average Bonchev–Trinajstić information content (AvgIpc) is 3.02. The highest BCUT2D eigenvalue weighted by atomic mass is 35.5. The zero-order chi connectivity index (χ0) is 15.6. The summed E-state index contributed by atoms with van der Waals surface area (Å²) in [6, 6.07) is 11.6. The van der Waals surface area contributed by atoms with E-state index in [-0.39, 0.29) is 0 Å². The van der Waals surface area contributed by atoms with Crippen molar-refractivity contribution in [2.24, 2.45) is 0 Å². The van der Waals surface area contributed by atoms with E-state index in [1.165, 1.54) is 0 Å². The van der Waals surface area contributed by atoms with Crippen LogP contribution in [-0.2, 0) is 13.1 Å². The molecule has 1 aromatic heterocycles. The average molecular weight is 328 g/mol. The van der Waals surface area contributed by atoms with Gasteiger partial charge in [-0.1, -0.05) is 17.7 Å². The van der Waals surface area contributed by atoms with Gasteiger partial charge in [-0.2, -0.15) is 0 Å². The maximum Gasteiger partial charge on any atom is 0.231 e. The molecule has 116 valence electrons. The summed E-state index contributed by atoms with van der Waals surface area (Å²) >= 11 is 6.00. The quantitative estimate of drug-likeness (QED) is 0.796. The maximum atomic E-state index is 6.00. The van der Waals surface area contributed by atoms with Gasteiger partial charge in [-0.05, 0) is 35.9 Å². The second kappa shape index (κ2) is 6.02. The number of rotatable bonds is 4. The molecule has 0 saturated heterocycles. The van der Waals surface area contributed by atoms with E-state index in [9.17, 15) is 0 Å². The number of fused-ring (bicyclic) bond motifs is 2. The molecular formula is C17H14ClN3O2. The first-order valence-corrected chi connectivity index (χ1v) is 7.66. The Balaban J connectivity index is 1.47. The smallest absolute Gasteiger partial charge is 0.231 e. The molecule has 23 heavy (non-hydrogen) atoms. The van der Waals surface area contributed by atoms with Crippen molar-refractivity contribution in [2.75, 3.05) is 6.79 Å². The van der Waals surface area contributed by atoms with Crippen molar-refractivity contribution in [1.29, 1.82) is 0 Å². The van der Waals surface area contributed by atoms with Gasteiger partial charge in [0.1, 0.15) is 6.33 Å². The van der Waals surface area contributed by atoms with E-state index in [2.05, 4.69) is 15.3 Å².